The van der Waals surface area contributed by atoms with E-state index >= 15 is 0 Å². The van der Waals surface area contributed by atoms with Crippen molar-refractivity contribution in [3.8, 4) is 11.3 Å². The highest BCUT2D eigenvalue weighted by Crippen LogP contribution is 2.17. The summed E-state index contributed by atoms with van der Waals surface area (Å²) in [5.74, 6) is 0.170. The predicted octanol–water partition coefficient (Wildman–Crippen LogP) is 2.23. The molecule has 1 aliphatic heterocycles. The molecule has 0 bridgehead atoms. The van der Waals surface area contributed by atoms with Crippen LogP contribution in [-0.4, -0.2) is 40.0 Å². The summed E-state index contributed by atoms with van der Waals surface area (Å²) in [5.41, 5.74) is 1.57. The van der Waals surface area contributed by atoms with Gasteiger partial charge in [-0.1, -0.05) is 30.3 Å². The van der Waals surface area contributed by atoms with Crippen LogP contribution in [0.3, 0.4) is 0 Å². The monoisotopic (exact) mass is 313 g/mol. The Kier molecular flexibility index (Phi) is 4.77. The molecule has 3 rings (SSSR count). The first-order valence-electron chi connectivity index (χ1n) is 7.66. The molecule has 1 aromatic heterocycles. The van der Waals surface area contributed by atoms with E-state index in [9.17, 15) is 4.79 Å². The fraction of sp³-hybridized carbons (Fsp3) is 0.375. The van der Waals surface area contributed by atoms with Crippen LogP contribution in [0.4, 0.5) is 10.7 Å². The molecule has 0 unspecified atom stereocenters. The third-order valence-corrected chi connectivity index (χ3v) is 3.74. The second-order valence-corrected chi connectivity index (χ2v) is 5.47. The molecule has 1 saturated heterocycles. The zero-order chi connectivity index (χ0) is 16.1. The Morgan fingerprint density at radius 1 is 1.35 bits per heavy atom. The van der Waals surface area contributed by atoms with E-state index in [0.717, 1.165) is 25.0 Å². The average molecular weight is 313 g/mol. The predicted molar refractivity (Wildman–Crippen MR) is 85.9 cm³/mol. The Hall–Kier alpha value is -2.54. The minimum absolute atomic E-state index is 0.0652. The zero-order valence-electron chi connectivity index (χ0n) is 12.9. The van der Waals surface area contributed by atoms with Crippen molar-refractivity contribution in [1.82, 2.24) is 20.5 Å². The molecule has 0 aliphatic carbocycles. The first-order valence-corrected chi connectivity index (χ1v) is 7.66. The number of hydrogen-bond acceptors (Lipinski definition) is 5. The standard InChI is InChI=1S/C16H19N5O2/c1-11(14-8-5-9-23-14)18-16(22)20-15-19-13(10-17-21-15)12-6-3-2-4-7-12/h2-4,6-7,10-11,14H,5,8-9H2,1H3,(H2,18,19,20,21,22)/t11-,14+/m1/s1. The van der Waals surface area contributed by atoms with Crippen molar-refractivity contribution in [2.45, 2.75) is 31.9 Å². The highest BCUT2D eigenvalue weighted by Gasteiger charge is 2.23. The fourth-order valence-electron chi connectivity index (χ4n) is 2.54. The Labute approximate surface area is 134 Å². The van der Waals surface area contributed by atoms with E-state index in [1.807, 2.05) is 37.3 Å². The Balaban J connectivity index is 1.62. The fourth-order valence-corrected chi connectivity index (χ4v) is 2.54. The maximum Gasteiger partial charge on any atom is 0.321 e. The molecule has 2 N–H and O–H groups in total. The van der Waals surface area contributed by atoms with Crippen molar-refractivity contribution in [2.75, 3.05) is 11.9 Å². The van der Waals surface area contributed by atoms with Gasteiger partial charge in [0.15, 0.2) is 0 Å². The first kappa shape index (κ1) is 15.4. The average Bonchev–Trinajstić information content (AvgIpc) is 3.10. The number of benzene rings is 1. The van der Waals surface area contributed by atoms with Gasteiger partial charge in [0.1, 0.15) is 0 Å². The summed E-state index contributed by atoms with van der Waals surface area (Å²) in [5, 5.41) is 13.2. The van der Waals surface area contributed by atoms with Crippen LogP contribution in [0.5, 0.6) is 0 Å². The van der Waals surface area contributed by atoms with Crippen LogP contribution < -0.4 is 10.6 Å². The lowest BCUT2D eigenvalue weighted by atomic mass is 10.1. The Morgan fingerprint density at radius 2 is 2.17 bits per heavy atom. The zero-order valence-corrected chi connectivity index (χ0v) is 12.9. The van der Waals surface area contributed by atoms with E-state index in [4.69, 9.17) is 4.74 Å². The molecule has 1 fully saturated rings. The summed E-state index contributed by atoms with van der Waals surface area (Å²) in [4.78, 5) is 16.4. The third kappa shape index (κ3) is 4.01. The van der Waals surface area contributed by atoms with Crippen LogP contribution in [-0.2, 0) is 4.74 Å². The number of nitrogens with one attached hydrogen (secondary N) is 2. The molecule has 7 nitrogen and oxygen atoms in total. The molecule has 2 amide bonds. The van der Waals surface area contributed by atoms with Crippen LogP contribution in [0.25, 0.3) is 11.3 Å². The van der Waals surface area contributed by atoms with E-state index in [1.54, 1.807) is 6.20 Å². The molecular formula is C16H19N5O2. The van der Waals surface area contributed by atoms with Crippen molar-refractivity contribution in [2.24, 2.45) is 0 Å². The molecule has 23 heavy (non-hydrogen) atoms. The molecule has 0 saturated carbocycles. The van der Waals surface area contributed by atoms with Gasteiger partial charge in [-0.25, -0.2) is 9.78 Å². The molecule has 2 atom stereocenters. The summed E-state index contributed by atoms with van der Waals surface area (Å²) in [6, 6.07) is 9.18. The summed E-state index contributed by atoms with van der Waals surface area (Å²) >= 11 is 0. The number of rotatable bonds is 4. The van der Waals surface area contributed by atoms with E-state index in [-0.39, 0.29) is 24.1 Å². The molecule has 120 valence electrons. The number of anilines is 1. The molecule has 0 radical (unpaired) electrons. The molecule has 7 heteroatoms. The third-order valence-electron chi connectivity index (χ3n) is 3.74. The van der Waals surface area contributed by atoms with E-state index in [2.05, 4.69) is 25.8 Å². The largest absolute Gasteiger partial charge is 0.376 e. The summed E-state index contributed by atoms with van der Waals surface area (Å²) in [6.07, 6.45) is 3.62. The van der Waals surface area contributed by atoms with Crippen molar-refractivity contribution in [3.05, 3.63) is 36.5 Å². The van der Waals surface area contributed by atoms with Gasteiger partial charge >= 0.3 is 6.03 Å². The highest BCUT2D eigenvalue weighted by atomic mass is 16.5. The van der Waals surface area contributed by atoms with Gasteiger partial charge in [0.2, 0.25) is 0 Å². The molecule has 2 heterocycles. The van der Waals surface area contributed by atoms with Crippen molar-refractivity contribution < 1.29 is 9.53 Å². The summed E-state index contributed by atoms with van der Waals surface area (Å²) in [6.45, 7) is 2.68. The van der Waals surface area contributed by atoms with E-state index in [1.165, 1.54) is 0 Å². The normalized spacial score (nSPS) is 18.4. The van der Waals surface area contributed by atoms with Crippen LogP contribution >= 0.6 is 0 Å². The molecule has 1 aromatic carbocycles. The molecule has 0 spiro atoms. The van der Waals surface area contributed by atoms with E-state index in [0.29, 0.717) is 5.69 Å². The van der Waals surface area contributed by atoms with Gasteiger partial charge in [-0.05, 0) is 19.8 Å². The topological polar surface area (TPSA) is 89.0 Å². The smallest absolute Gasteiger partial charge is 0.321 e. The second-order valence-electron chi connectivity index (χ2n) is 5.47. The maximum atomic E-state index is 12.0. The van der Waals surface area contributed by atoms with Crippen molar-refractivity contribution in [1.29, 1.82) is 0 Å². The van der Waals surface area contributed by atoms with Crippen LogP contribution in [0.1, 0.15) is 19.8 Å². The molecule has 1 aliphatic rings. The van der Waals surface area contributed by atoms with E-state index < -0.39 is 0 Å². The highest BCUT2D eigenvalue weighted by molar-refractivity contribution is 5.87. The number of hydrogen-bond donors (Lipinski definition) is 2. The van der Waals surface area contributed by atoms with Gasteiger partial charge in [0, 0.05) is 12.2 Å². The number of nitrogens with zero attached hydrogens (tertiary/aromatic N) is 3. The minimum atomic E-state index is -0.361. The maximum absolute atomic E-state index is 12.0. The van der Waals surface area contributed by atoms with Crippen molar-refractivity contribution >= 4 is 12.0 Å². The quantitative estimate of drug-likeness (QED) is 0.903. The number of amides is 2. The van der Waals surface area contributed by atoms with Gasteiger partial charge in [0.05, 0.1) is 24.0 Å². The molecular weight excluding hydrogens is 294 g/mol. The van der Waals surface area contributed by atoms with Crippen LogP contribution in [0.2, 0.25) is 0 Å². The minimum Gasteiger partial charge on any atom is -0.376 e. The number of aromatic nitrogens is 3. The first-order chi connectivity index (χ1) is 11.2. The summed E-state index contributed by atoms with van der Waals surface area (Å²) in [7, 11) is 0. The molecule has 2 aromatic rings. The van der Waals surface area contributed by atoms with Gasteiger partial charge in [-0.3, -0.25) is 5.32 Å². The van der Waals surface area contributed by atoms with Gasteiger partial charge in [-0.2, -0.15) is 5.10 Å². The van der Waals surface area contributed by atoms with Gasteiger partial charge in [0.25, 0.3) is 5.95 Å². The Morgan fingerprint density at radius 3 is 2.91 bits per heavy atom. The lowest BCUT2D eigenvalue weighted by Crippen LogP contribution is -2.43. The Bertz CT molecular complexity index is 659. The second kappa shape index (κ2) is 7.15. The SMILES string of the molecule is C[C@@H](NC(=O)Nc1nncc(-c2ccccc2)n1)[C@@H]1CCCO1. The number of ether oxygens (including phenoxy) is 1. The summed E-state index contributed by atoms with van der Waals surface area (Å²) < 4.78 is 5.56. The van der Waals surface area contributed by atoms with Crippen LogP contribution in [0.15, 0.2) is 36.5 Å². The van der Waals surface area contributed by atoms with Gasteiger partial charge in [-0.15, -0.1) is 5.10 Å². The van der Waals surface area contributed by atoms with Crippen LogP contribution in [0, 0.1) is 0 Å². The van der Waals surface area contributed by atoms with Gasteiger partial charge < -0.3 is 10.1 Å². The number of carbonyl (C=O) groups is 1. The number of urea groups is 1. The number of carbonyl (C=O) groups excluding carboxylic acids is 1. The van der Waals surface area contributed by atoms with Crippen molar-refractivity contribution in [3.63, 3.8) is 0 Å². The lowest BCUT2D eigenvalue weighted by molar-refractivity contribution is 0.0868. The lowest BCUT2D eigenvalue weighted by Gasteiger charge is -2.19.